The van der Waals surface area contributed by atoms with Gasteiger partial charge in [0.2, 0.25) is 10.0 Å². The van der Waals surface area contributed by atoms with Gasteiger partial charge in [-0.15, -0.1) is 0 Å². The fraction of sp³-hybridized carbons (Fsp3) is 0.294. The van der Waals surface area contributed by atoms with Gasteiger partial charge in [0.1, 0.15) is 10.4 Å². The number of hydrogen-bond donors (Lipinski definition) is 1. The minimum Gasteiger partial charge on any atom is -0.243 e. The van der Waals surface area contributed by atoms with E-state index in [1.807, 2.05) is 31.2 Å². The van der Waals surface area contributed by atoms with Crippen LogP contribution in [-0.2, 0) is 10.0 Å². The lowest BCUT2D eigenvalue weighted by Crippen LogP contribution is -2.27. The minimum absolute atomic E-state index is 0.0619. The average Bonchev–Trinajstić information content (AvgIpc) is 3.02. The Morgan fingerprint density at radius 2 is 1.62 bits per heavy atom. The molecule has 1 heterocycles. The van der Waals surface area contributed by atoms with Crippen molar-refractivity contribution < 1.29 is 13.0 Å². The number of benzene rings is 2. The van der Waals surface area contributed by atoms with Gasteiger partial charge < -0.3 is 0 Å². The SMILES string of the molecule is CC(C)c1ccc([C@@H](C)NS(=O)(=O)c2cccc3nonc23)cc1. The molecular formula is C17H19N3O3S. The van der Waals surface area contributed by atoms with Crippen LogP contribution in [0.25, 0.3) is 11.0 Å². The quantitative estimate of drug-likeness (QED) is 0.766. The molecule has 1 aromatic heterocycles. The standard InChI is InChI=1S/C17H19N3O3S/c1-11(2)13-7-9-14(10-8-13)12(3)20-24(21,22)16-6-4-5-15-17(16)19-23-18-15/h4-12,20H,1-3H3/t12-/m1/s1. The van der Waals surface area contributed by atoms with E-state index in [0.29, 0.717) is 11.4 Å². The number of fused-ring (bicyclic) bond motifs is 1. The van der Waals surface area contributed by atoms with Crippen molar-refractivity contribution in [3.63, 3.8) is 0 Å². The Labute approximate surface area is 140 Å². The lowest BCUT2D eigenvalue weighted by atomic mass is 10.00. The molecule has 0 aliphatic heterocycles. The maximum atomic E-state index is 12.7. The number of aromatic nitrogens is 2. The van der Waals surface area contributed by atoms with Crippen molar-refractivity contribution in [2.24, 2.45) is 0 Å². The molecule has 7 heteroatoms. The summed E-state index contributed by atoms with van der Waals surface area (Å²) in [4.78, 5) is 0.0619. The van der Waals surface area contributed by atoms with Gasteiger partial charge in [0.25, 0.3) is 0 Å². The lowest BCUT2D eigenvalue weighted by Gasteiger charge is -2.16. The van der Waals surface area contributed by atoms with E-state index in [2.05, 4.69) is 33.5 Å². The molecule has 0 bridgehead atoms. The molecule has 0 aliphatic rings. The molecule has 6 nitrogen and oxygen atoms in total. The summed E-state index contributed by atoms with van der Waals surface area (Å²) in [6, 6.07) is 12.3. The Kier molecular flexibility index (Phi) is 4.38. The second-order valence-electron chi connectivity index (χ2n) is 6.05. The van der Waals surface area contributed by atoms with Crippen LogP contribution in [-0.4, -0.2) is 18.7 Å². The predicted molar refractivity (Wildman–Crippen MR) is 91.1 cm³/mol. The zero-order chi connectivity index (χ0) is 17.3. The molecule has 3 rings (SSSR count). The molecule has 1 N–H and O–H groups in total. The summed E-state index contributed by atoms with van der Waals surface area (Å²) in [5.41, 5.74) is 2.75. The summed E-state index contributed by atoms with van der Waals surface area (Å²) in [7, 11) is -3.74. The predicted octanol–water partition coefficient (Wildman–Crippen LogP) is 3.39. The van der Waals surface area contributed by atoms with Gasteiger partial charge in [0, 0.05) is 6.04 Å². The van der Waals surface area contributed by atoms with Crippen LogP contribution in [0.3, 0.4) is 0 Å². The highest BCUT2D eigenvalue weighted by Crippen LogP contribution is 2.23. The first-order valence-electron chi connectivity index (χ1n) is 7.72. The van der Waals surface area contributed by atoms with Gasteiger partial charge in [-0.25, -0.2) is 17.8 Å². The monoisotopic (exact) mass is 345 g/mol. The molecule has 0 radical (unpaired) electrons. The Morgan fingerprint density at radius 3 is 2.29 bits per heavy atom. The Bertz CT molecular complexity index is 947. The second kappa shape index (κ2) is 6.33. The highest BCUT2D eigenvalue weighted by Gasteiger charge is 2.23. The summed E-state index contributed by atoms with van der Waals surface area (Å²) < 4.78 is 32.7. The zero-order valence-corrected chi connectivity index (χ0v) is 14.5. The van der Waals surface area contributed by atoms with Crippen molar-refractivity contribution in [2.75, 3.05) is 0 Å². The van der Waals surface area contributed by atoms with E-state index in [4.69, 9.17) is 0 Å². The third kappa shape index (κ3) is 3.18. The number of hydrogen-bond acceptors (Lipinski definition) is 5. The van der Waals surface area contributed by atoms with Crippen molar-refractivity contribution >= 4 is 21.1 Å². The van der Waals surface area contributed by atoms with Crippen LogP contribution in [0, 0.1) is 0 Å². The highest BCUT2D eigenvalue weighted by molar-refractivity contribution is 7.89. The first-order valence-corrected chi connectivity index (χ1v) is 9.20. The largest absolute Gasteiger partial charge is 0.243 e. The fourth-order valence-corrected chi connectivity index (χ4v) is 3.91. The van der Waals surface area contributed by atoms with Crippen molar-refractivity contribution in [1.29, 1.82) is 0 Å². The minimum atomic E-state index is -3.74. The molecule has 0 saturated carbocycles. The third-order valence-electron chi connectivity index (χ3n) is 3.97. The van der Waals surface area contributed by atoms with E-state index >= 15 is 0 Å². The van der Waals surface area contributed by atoms with Crippen LogP contribution < -0.4 is 4.72 Å². The molecule has 0 spiro atoms. The van der Waals surface area contributed by atoms with Crippen molar-refractivity contribution in [2.45, 2.75) is 37.6 Å². The molecule has 0 saturated heterocycles. The van der Waals surface area contributed by atoms with Crippen LogP contribution in [0.1, 0.15) is 43.9 Å². The molecule has 24 heavy (non-hydrogen) atoms. The van der Waals surface area contributed by atoms with E-state index in [1.54, 1.807) is 12.1 Å². The molecule has 1 atom stereocenters. The third-order valence-corrected chi connectivity index (χ3v) is 5.55. The number of rotatable bonds is 5. The Balaban J connectivity index is 1.87. The molecule has 0 aliphatic carbocycles. The summed E-state index contributed by atoms with van der Waals surface area (Å²) in [6.07, 6.45) is 0. The molecule has 2 aromatic carbocycles. The van der Waals surface area contributed by atoms with E-state index in [1.165, 1.54) is 11.6 Å². The smallest absolute Gasteiger partial charge is 0.243 e. The van der Waals surface area contributed by atoms with Crippen LogP contribution in [0.4, 0.5) is 0 Å². The number of sulfonamides is 1. The van der Waals surface area contributed by atoms with Crippen LogP contribution in [0.15, 0.2) is 52.0 Å². The highest BCUT2D eigenvalue weighted by atomic mass is 32.2. The first-order chi connectivity index (χ1) is 11.4. The molecule has 0 unspecified atom stereocenters. The second-order valence-corrected chi connectivity index (χ2v) is 7.73. The summed E-state index contributed by atoms with van der Waals surface area (Å²) in [5.74, 6) is 0.434. The van der Waals surface area contributed by atoms with Crippen molar-refractivity contribution in [3.8, 4) is 0 Å². The lowest BCUT2D eigenvalue weighted by molar-refractivity contribution is 0.315. The molecule has 3 aromatic rings. The first kappa shape index (κ1) is 16.6. The van der Waals surface area contributed by atoms with E-state index in [9.17, 15) is 8.42 Å². The van der Waals surface area contributed by atoms with Gasteiger partial charge in [-0.1, -0.05) is 44.2 Å². The maximum absolute atomic E-state index is 12.7. The van der Waals surface area contributed by atoms with Gasteiger partial charge in [-0.2, -0.15) is 0 Å². The maximum Gasteiger partial charge on any atom is 0.243 e. The Morgan fingerprint density at radius 1 is 0.958 bits per heavy atom. The average molecular weight is 345 g/mol. The van der Waals surface area contributed by atoms with Gasteiger partial charge in [-0.3, -0.25) is 0 Å². The van der Waals surface area contributed by atoms with Gasteiger partial charge >= 0.3 is 0 Å². The summed E-state index contributed by atoms with van der Waals surface area (Å²) in [5, 5.41) is 7.37. The van der Waals surface area contributed by atoms with Gasteiger partial charge in [-0.05, 0) is 46.4 Å². The molecular weight excluding hydrogens is 326 g/mol. The van der Waals surface area contributed by atoms with Crippen LogP contribution in [0.5, 0.6) is 0 Å². The topological polar surface area (TPSA) is 85.1 Å². The Hall–Kier alpha value is -2.25. The van der Waals surface area contributed by atoms with E-state index in [-0.39, 0.29) is 16.5 Å². The zero-order valence-electron chi connectivity index (χ0n) is 13.7. The van der Waals surface area contributed by atoms with Crippen LogP contribution in [0.2, 0.25) is 0 Å². The van der Waals surface area contributed by atoms with E-state index in [0.717, 1.165) is 5.56 Å². The summed E-state index contributed by atoms with van der Waals surface area (Å²) >= 11 is 0. The fourth-order valence-electron chi connectivity index (χ4n) is 2.53. The van der Waals surface area contributed by atoms with Gasteiger partial charge in [0.05, 0.1) is 0 Å². The number of nitrogens with zero attached hydrogens (tertiary/aromatic N) is 2. The van der Waals surface area contributed by atoms with Crippen LogP contribution >= 0.6 is 0 Å². The molecule has 0 fully saturated rings. The van der Waals surface area contributed by atoms with Crippen molar-refractivity contribution in [3.05, 3.63) is 53.6 Å². The van der Waals surface area contributed by atoms with E-state index < -0.39 is 10.0 Å². The molecule has 0 amide bonds. The molecule has 126 valence electrons. The number of nitrogens with one attached hydrogen (secondary N) is 1. The summed E-state index contributed by atoms with van der Waals surface area (Å²) in [6.45, 7) is 6.05. The normalized spacial score (nSPS) is 13.5. The van der Waals surface area contributed by atoms with Gasteiger partial charge in [0.15, 0.2) is 5.52 Å². The van der Waals surface area contributed by atoms with Crippen molar-refractivity contribution in [1.82, 2.24) is 15.0 Å².